The van der Waals surface area contributed by atoms with E-state index in [1.165, 1.54) is 12.3 Å². The average Bonchev–Trinajstić information content (AvgIpc) is 2.93. The Kier molecular flexibility index (Phi) is 4.07. The normalized spacial score (nSPS) is 11.0. The van der Waals surface area contributed by atoms with E-state index >= 15 is 0 Å². The lowest BCUT2D eigenvalue weighted by atomic mass is 10.1. The van der Waals surface area contributed by atoms with Gasteiger partial charge in [0.2, 0.25) is 0 Å². The van der Waals surface area contributed by atoms with Crippen LogP contribution in [0.25, 0.3) is 10.9 Å². The minimum Gasteiger partial charge on any atom is -0.345 e. The van der Waals surface area contributed by atoms with Gasteiger partial charge in [-0.2, -0.15) is 5.10 Å². The van der Waals surface area contributed by atoms with Crippen molar-refractivity contribution in [3.8, 4) is 0 Å². The molecule has 0 aliphatic carbocycles. The van der Waals surface area contributed by atoms with Gasteiger partial charge >= 0.3 is 0 Å². The third kappa shape index (κ3) is 2.87. The Hall–Kier alpha value is -3.48. The monoisotopic (exact) mass is 322 g/mol. The second-order valence-corrected chi connectivity index (χ2v) is 5.19. The maximum Gasteiger partial charge on any atom is 0.293 e. The fraction of sp³-hybridized carbons (Fsp3) is 0.0588. The van der Waals surface area contributed by atoms with Crippen molar-refractivity contribution in [1.82, 2.24) is 10.4 Å². The Morgan fingerprint density at radius 2 is 1.96 bits per heavy atom. The van der Waals surface area contributed by atoms with Gasteiger partial charge in [-0.05, 0) is 18.1 Å². The highest BCUT2D eigenvalue weighted by molar-refractivity contribution is 6.03. The van der Waals surface area contributed by atoms with Crippen LogP contribution in [0.1, 0.15) is 21.6 Å². The SMILES string of the molecule is Cc1c(C(=O)N/N=C/c2ccccc2)[nH]c2c([N+](=O)[O-])cccc12. The van der Waals surface area contributed by atoms with Crippen LogP contribution in [0.4, 0.5) is 5.69 Å². The summed E-state index contributed by atoms with van der Waals surface area (Å²) in [5.41, 5.74) is 4.43. The number of carbonyl (C=O) groups excluding carboxylic acids is 1. The summed E-state index contributed by atoms with van der Waals surface area (Å²) in [4.78, 5) is 25.7. The van der Waals surface area contributed by atoms with Gasteiger partial charge in [0.1, 0.15) is 11.2 Å². The number of benzene rings is 2. The van der Waals surface area contributed by atoms with E-state index in [0.29, 0.717) is 16.5 Å². The Morgan fingerprint density at radius 3 is 2.67 bits per heavy atom. The topological polar surface area (TPSA) is 100 Å². The number of rotatable bonds is 4. The number of hydrogen-bond donors (Lipinski definition) is 2. The highest BCUT2D eigenvalue weighted by Gasteiger charge is 2.20. The van der Waals surface area contributed by atoms with E-state index in [1.807, 2.05) is 30.3 Å². The van der Waals surface area contributed by atoms with Crippen molar-refractivity contribution < 1.29 is 9.72 Å². The number of non-ortho nitro benzene ring substituents is 1. The van der Waals surface area contributed by atoms with E-state index < -0.39 is 10.8 Å². The lowest BCUT2D eigenvalue weighted by Gasteiger charge is -1.98. The summed E-state index contributed by atoms with van der Waals surface area (Å²) in [5, 5.41) is 15.6. The number of para-hydroxylation sites is 1. The Balaban J connectivity index is 1.88. The second-order valence-electron chi connectivity index (χ2n) is 5.19. The summed E-state index contributed by atoms with van der Waals surface area (Å²) in [7, 11) is 0. The van der Waals surface area contributed by atoms with Crippen LogP contribution in [0.2, 0.25) is 0 Å². The Labute approximate surface area is 137 Å². The fourth-order valence-electron chi connectivity index (χ4n) is 2.48. The van der Waals surface area contributed by atoms with Crippen molar-refractivity contribution >= 4 is 28.7 Å². The second kappa shape index (κ2) is 6.33. The number of aryl methyl sites for hydroxylation is 1. The molecule has 2 aromatic carbocycles. The molecule has 7 nitrogen and oxygen atoms in total. The number of H-pyrrole nitrogens is 1. The first-order valence-corrected chi connectivity index (χ1v) is 7.22. The molecule has 0 aliphatic rings. The van der Waals surface area contributed by atoms with Gasteiger partial charge in [-0.15, -0.1) is 0 Å². The first kappa shape index (κ1) is 15.4. The number of nitro benzene ring substituents is 1. The predicted molar refractivity (Wildman–Crippen MR) is 91.2 cm³/mol. The van der Waals surface area contributed by atoms with Crippen molar-refractivity contribution in [1.29, 1.82) is 0 Å². The first-order chi connectivity index (χ1) is 11.6. The maximum atomic E-state index is 12.3. The molecule has 1 heterocycles. The molecule has 0 radical (unpaired) electrons. The third-order valence-corrected chi connectivity index (χ3v) is 3.67. The number of aromatic nitrogens is 1. The van der Waals surface area contributed by atoms with Crippen molar-refractivity contribution in [2.24, 2.45) is 5.10 Å². The number of nitrogens with zero attached hydrogens (tertiary/aromatic N) is 2. The zero-order valence-electron chi connectivity index (χ0n) is 12.8. The van der Waals surface area contributed by atoms with E-state index in [4.69, 9.17) is 0 Å². The number of fused-ring (bicyclic) bond motifs is 1. The van der Waals surface area contributed by atoms with Gasteiger partial charge in [-0.1, -0.05) is 42.5 Å². The van der Waals surface area contributed by atoms with E-state index in [2.05, 4.69) is 15.5 Å². The summed E-state index contributed by atoms with van der Waals surface area (Å²) in [5.74, 6) is -0.454. The zero-order chi connectivity index (χ0) is 17.1. The average molecular weight is 322 g/mol. The predicted octanol–water partition coefficient (Wildman–Crippen LogP) is 3.15. The Morgan fingerprint density at radius 1 is 1.21 bits per heavy atom. The summed E-state index contributed by atoms with van der Waals surface area (Å²) in [6.07, 6.45) is 1.53. The molecule has 2 N–H and O–H groups in total. The van der Waals surface area contributed by atoms with Crippen molar-refractivity contribution in [2.45, 2.75) is 6.92 Å². The van der Waals surface area contributed by atoms with Crippen LogP contribution in [0, 0.1) is 17.0 Å². The molecule has 0 bridgehead atoms. The van der Waals surface area contributed by atoms with Gasteiger partial charge in [-0.25, -0.2) is 5.43 Å². The lowest BCUT2D eigenvalue weighted by Crippen LogP contribution is -2.18. The molecule has 1 aromatic heterocycles. The van der Waals surface area contributed by atoms with E-state index in [9.17, 15) is 14.9 Å². The Bertz CT molecular complexity index is 945. The first-order valence-electron chi connectivity index (χ1n) is 7.22. The molecule has 0 fully saturated rings. The van der Waals surface area contributed by atoms with E-state index in [1.54, 1.807) is 19.1 Å². The molecule has 0 saturated heterocycles. The molecule has 0 aliphatic heterocycles. The van der Waals surface area contributed by atoms with Gasteiger partial charge in [-0.3, -0.25) is 14.9 Å². The standard InChI is InChI=1S/C17H14N4O3/c1-11-13-8-5-9-14(21(23)24)16(13)19-15(11)17(22)20-18-10-12-6-3-2-4-7-12/h2-10,19H,1H3,(H,20,22)/b18-10+. The highest BCUT2D eigenvalue weighted by atomic mass is 16.6. The molecule has 120 valence electrons. The van der Waals surface area contributed by atoms with E-state index in [-0.39, 0.29) is 11.4 Å². The molecule has 1 amide bonds. The van der Waals surface area contributed by atoms with Crippen LogP contribution in [-0.2, 0) is 0 Å². The fourth-order valence-corrected chi connectivity index (χ4v) is 2.48. The maximum absolute atomic E-state index is 12.3. The molecule has 0 spiro atoms. The molecular weight excluding hydrogens is 308 g/mol. The zero-order valence-corrected chi connectivity index (χ0v) is 12.8. The van der Waals surface area contributed by atoms with Gasteiger partial charge in [0.25, 0.3) is 11.6 Å². The summed E-state index contributed by atoms with van der Waals surface area (Å²) in [6.45, 7) is 1.73. The van der Waals surface area contributed by atoms with Crippen LogP contribution in [0.15, 0.2) is 53.6 Å². The highest BCUT2D eigenvalue weighted by Crippen LogP contribution is 2.29. The number of hydrazone groups is 1. The van der Waals surface area contributed by atoms with Gasteiger partial charge in [0.05, 0.1) is 11.1 Å². The minimum absolute atomic E-state index is 0.0672. The van der Waals surface area contributed by atoms with Crippen molar-refractivity contribution in [3.05, 3.63) is 75.5 Å². The summed E-state index contributed by atoms with van der Waals surface area (Å²) < 4.78 is 0. The third-order valence-electron chi connectivity index (χ3n) is 3.67. The van der Waals surface area contributed by atoms with Crippen LogP contribution >= 0.6 is 0 Å². The number of amides is 1. The number of nitro groups is 1. The van der Waals surface area contributed by atoms with Crippen molar-refractivity contribution in [3.63, 3.8) is 0 Å². The molecule has 0 unspecified atom stereocenters. The van der Waals surface area contributed by atoms with Crippen LogP contribution in [0.3, 0.4) is 0 Å². The summed E-state index contributed by atoms with van der Waals surface area (Å²) in [6, 6.07) is 14.0. The molecule has 3 rings (SSSR count). The van der Waals surface area contributed by atoms with Gasteiger partial charge in [0, 0.05) is 11.5 Å². The largest absolute Gasteiger partial charge is 0.345 e. The number of aromatic amines is 1. The quantitative estimate of drug-likeness (QED) is 0.438. The number of hydrogen-bond acceptors (Lipinski definition) is 4. The number of carbonyl (C=O) groups is 1. The number of nitrogens with one attached hydrogen (secondary N) is 2. The minimum atomic E-state index is -0.479. The van der Waals surface area contributed by atoms with Crippen molar-refractivity contribution in [2.75, 3.05) is 0 Å². The summed E-state index contributed by atoms with van der Waals surface area (Å²) >= 11 is 0. The van der Waals surface area contributed by atoms with Crippen LogP contribution in [-0.4, -0.2) is 22.0 Å². The molecule has 24 heavy (non-hydrogen) atoms. The molecule has 7 heteroatoms. The lowest BCUT2D eigenvalue weighted by molar-refractivity contribution is -0.383. The van der Waals surface area contributed by atoms with Gasteiger partial charge in [0.15, 0.2) is 0 Å². The van der Waals surface area contributed by atoms with Gasteiger partial charge < -0.3 is 4.98 Å². The molecule has 3 aromatic rings. The molecule has 0 saturated carbocycles. The van der Waals surface area contributed by atoms with Crippen LogP contribution < -0.4 is 5.43 Å². The smallest absolute Gasteiger partial charge is 0.293 e. The molecule has 0 atom stereocenters. The van der Waals surface area contributed by atoms with Crippen LogP contribution in [0.5, 0.6) is 0 Å². The molecular formula is C17H14N4O3. The van der Waals surface area contributed by atoms with E-state index in [0.717, 1.165) is 5.56 Å².